The molecule has 0 spiro atoms. The molecule has 0 saturated heterocycles. The van der Waals surface area contributed by atoms with Crippen LogP contribution in [-0.4, -0.2) is 70.1 Å². The van der Waals surface area contributed by atoms with Crippen LogP contribution in [0.3, 0.4) is 0 Å². The minimum atomic E-state index is -6.00. The van der Waals surface area contributed by atoms with Gasteiger partial charge in [0.25, 0.3) is 0 Å². The fraction of sp³-hybridized carbons (Fsp3) is 1.00. The van der Waals surface area contributed by atoms with E-state index in [2.05, 4.69) is 15.9 Å². The van der Waals surface area contributed by atoms with Crippen LogP contribution in [0.5, 0.6) is 0 Å². The first-order valence-corrected chi connectivity index (χ1v) is 6.92. The Bertz CT molecular complexity index is 114. The Morgan fingerprint density at radius 1 is 0.556 bits per heavy atom. The van der Waals surface area contributed by atoms with Crippen molar-refractivity contribution >= 4 is 86.6 Å². The van der Waals surface area contributed by atoms with E-state index in [1.165, 1.54) is -0.575 Å². The van der Waals surface area contributed by atoms with Crippen LogP contribution in [0.1, 0.15) is 0 Å². The molecule has 0 N–H and O–H groups in total. The number of halogens is 13. The topological polar surface area (TPSA) is 0 Å². The van der Waals surface area contributed by atoms with E-state index in [-0.39, 0.29) is 0 Å². The third kappa shape index (κ3) is 2190. The molecule has 0 fully saturated rings. The first kappa shape index (κ1) is 27.8. The van der Waals surface area contributed by atoms with Crippen LogP contribution in [0.25, 0.3) is 0 Å². The molecular weight excluding hydrogens is 391 g/mol. The third-order valence-corrected chi connectivity index (χ3v) is 0. The van der Waals surface area contributed by atoms with Gasteiger partial charge in [0, 0.05) is 0 Å². The van der Waals surface area contributed by atoms with E-state index in [4.69, 9.17) is 0 Å². The standard InChI is InChI=1S/CH2Br.3BF4.K/c1-2;3*2-1(3,4)5;/h1H2;;;;/q;3*-1;. The van der Waals surface area contributed by atoms with Crippen molar-refractivity contribution in [2.45, 2.75) is 0 Å². The molecule has 0 amide bonds. The van der Waals surface area contributed by atoms with Crippen LogP contribution in [0.15, 0.2) is 0 Å². The SMILES string of the molecule is F[B-](F)(F)F.F[B-](F)(F)F.F[B-](F)(F)F.[K][CH2]Br. The van der Waals surface area contributed by atoms with Gasteiger partial charge >= 0.3 is 86.1 Å². The van der Waals surface area contributed by atoms with Crippen LogP contribution in [0, 0.1) is 0 Å². The zero-order valence-corrected chi connectivity index (χ0v) is 13.1. The Kier molecular flexibility index (Phi) is 20.7. The second kappa shape index (κ2) is 13.5. The zero-order valence-electron chi connectivity index (χ0n) is 8.35. The molecule has 0 heterocycles. The second-order valence-corrected chi connectivity index (χ2v) is 7.21. The molecule has 0 unspecified atom stereocenters. The first-order chi connectivity index (χ1) is 7.41. The molecule has 0 aliphatic carbocycles. The normalized spacial score (nSPS) is 11.1. The Labute approximate surface area is 136 Å². The van der Waals surface area contributed by atoms with Gasteiger partial charge in [-0.25, -0.2) is 0 Å². The molecule has 0 aliphatic rings. The van der Waals surface area contributed by atoms with Crippen molar-refractivity contribution in [2.24, 2.45) is 0 Å². The summed E-state index contributed by atoms with van der Waals surface area (Å²) >= 11 is 4.25. The van der Waals surface area contributed by atoms with Gasteiger partial charge in [-0.1, -0.05) is 0 Å². The number of hydrogen-bond donors (Lipinski definition) is 0. The number of hydrogen-bond acceptors (Lipinski definition) is 0. The molecule has 0 aromatic rings. The molecule has 0 atom stereocenters. The number of rotatable bonds is 0. The summed E-state index contributed by atoms with van der Waals surface area (Å²) in [6.07, 6.45) is 0. The van der Waals surface area contributed by atoms with Gasteiger partial charge in [0.1, 0.15) is 0 Å². The summed E-state index contributed by atoms with van der Waals surface area (Å²) in [6.45, 7) is 0. The molecule has 0 aromatic heterocycles. The summed E-state index contributed by atoms with van der Waals surface area (Å²) in [6, 6.07) is 0. The van der Waals surface area contributed by atoms with Crippen molar-refractivity contribution in [1.29, 1.82) is 0 Å². The maximum absolute atomic E-state index is 9.75. The molecule has 0 nitrogen and oxygen atoms in total. The van der Waals surface area contributed by atoms with Gasteiger partial charge in [-0.05, 0) is 0 Å². The molecular formula is CH2B3BrF12K-3. The average Bonchev–Trinajstić information content (AvgIpc) is 1.71. The summed E-state index contributed by atoms with van der Waals surface area (Å²) < 4.78 is 118. The molecule has 0 aromatic carbocycles. The fourth-order valence-corrected chi connectivity index (χ4v) is 0. The summed E-state index contributed by atoms with van der Waals surface area (Å²) in [5.74, 6) is 0. The Balaban J connectivity index is -0.0000000739. The Morgan fingerprint density at radius 3 is 0.556 bits per heavy atom. The minimum absolute atomic E-state index is 1.02. The molecule has 0 rings (SSSR count). The van der Waals surface area contributed by atoms with Crippen LogP contribution in [-0.2, 0) is 0 Å². The Morgan fingerprint density at radius 2 is 0.556 bits per heavy atom. The monoisotopic (exact) mass is 393 g/mol. The van der Waals surface area contributed by atoms with Gasteiger partial charge in [-0.2, -0.15) is 0 Å². The summed E-state index contributed by atoms with van der Waals surface area (Å²) in [5, 5.41) is 0. The third-order valence-electron chi connectivity index (χ3n) is 0. The van der Waals surface area contributed by atoms with Gasteiger partial charge in [-0.15, -0.1) is 0 Å². The van der Waals surface area contributed by atoms with E-state index >= 15 is 0 Å². The number of alkyl halides is 1. The molecule has 0 radical (unpaired) electrons. The van der Waals surface area contributed by atoms with E-state index in [1.54, 1.807) is 0 Å². The van der Waals surface area contributed by atoms with E-state index in [1.807, 2.05) is 0 Å². The molecule has 110 valence electrons. The molecule has 17 heteroatoms. The van der Waals surface area contributed by atoms with E-state index in [0.29, 0.717) is 0 Å². The molecule has 18 heavy (non-hydrogen) atoms. The van der Waals surface area contributed by atoms with Crippen molar-refractivity contribution in [3.63, 3.8) is 0 Å². The fourth-order valence-electron chi connectivity index (χ4n) is 0. The van der Waals surface area contributed by atoms with Crippen LogP contribution in [0.4, 0.5) is 51.8 Å². The molecule has 0 aliphatic heterocycles. The van der Waals surface area contributed by atoms with Crippen LogP contribution < -0.4 is 0 Å². The first-order valence-electron chi connectivity index (χ1n) is 3.59. The van der Waals surface area contributed by atoms with Crippen molar-refractivity contribution in [3.8, 4) is 0 Å². The predicted octanol–water partition coefficient (Wildman–Crippen LogP) is 4.41. The summed E-state index contributed by atoms with van der Waals surface area (Å²) in [4.78, 5) is 0. The quantitative estimate of drug-likeness (QED) is 0.325. The Hall–Kier alpha value is 1.47. The van der Waals surface area contributed by atoms with Gasteiger partial charge in [0.15, 0.2) is 0 Å². The van der Waals surface area contributed by atoms with Gasteiger partial charge in [0.2, 0.25) is 0 Å². The van der Waals surface area contributed by atoms with E-state index in [0.717, 1.165) is 49.0 Å². The summed E-state index contributed by atoms with van der Waals surface area (Å²) in [5.41, 5.74) is 0. The van der Waals surface area contributed by atoms with E-state index < -0.39 is 21.8 Å². The predicted molar refractivity (Wildman–Crippen MR) is 50.1 cm³/mol. The van der Waals surface area contributed by atoms with Gasteiger partial charge in [-0.3, -0.25) is 0 Å². The van der Waals surface area contributed by atoms with Crippen molar-refractivity contribution in [3.05, 3.63) is 0 Å². The van der Waals surface area contributed by atoms with Crippen LogP contribution in [0.2, 0.25) is 0 Å². The molecule has 0 bridgehead atoms. The zero-order chi connectivity index (χ0) is 16.2. The van der Waals surface area contributed by atoms with Crippen molar-refractivity contribution in [1.82, 2.24) is 0 Å². The van der Waals surface area contributed by atoms with Gasteiger partial charge < -0.3 is 51.8 Å². The van der Waals surface area contributed by atoms with Crippen LogP contribution >= 0.6 is 15.9 Å². The molecule has 0 saturated carbocycles. The maximum atomic E-state index is 9.75. The van der Waals surface area contributed by atoms with Crippen molar-refractivity contribution < 1.29 is 51.8 Å². The second-order valence-electron chi connectivity index (χ2n) is 1.75. The van der Waals surface area contributed by atoms with Crippen molar-refractivity contribution in [2.75, 3.05) is -0.575 Å². The van der Waals surface area contributed by atoms with Gasteiger partial charge in [0.05, 0.1) is 0 Å². The summed E-state index contributed by atoms with van der Waals surface area (Å²) in [7, 11) is -18.0. The average molecular weight is 393 g/mol. The van der Waals surface area contributed by atoms with E-state index in [9.17, 15) is 51.8 Å².